The molecule has 2 aromatic rings. The van der Waals surface area contributed by atoms with Gasteiger partial charge in [-0.1, -0.05) is 94.7 Å². The molecule has 28 heavy (non-hydrogen) atoms. The van der Waals surface area contributed by atoms with E-state index in [1.54, 1.807) is 0 Å². The molecule has 0 radical (unpaired) electrons. The first kappa shape index (κ1) is 21.0. The Hall–Kier alpha value is -1.76. The number of hydrogen-bond acceptors (Lipinski definition) is 1. The van der Waals surface area contributed by atoms with Crippen molar-refractivity contribution in [1.82, 2.24) is 0 Å². The van der Waals surface area contributed by atoms with Gasteiger partial charge in [0.05, 0.1) is 6.61 Å². The molecule has 0 spiro atoms. The van der Waals surface area contributed by atoms with E-state index < -0.39 is 0 Å². The van der Waals surface area contributed by atoms with Gasteiger partial charge in [-0.3, -0.25) is 0 Å². The third-order valence-corrected chi connectivity index (χ3v) is 6.48. The number of ether oxygens (including phenoxy) is 1. The van der Waals surface area contributed by atoms with Crippen LogP contribution in [0.2, 0.25) is 0 Å². The predicted molar refractivity (Wildman–Crippen MR) is 121 cm³/mol. The van der Waals surface area contributed by atoms with Crippen LogP contribution in [0.1, 0.15) is 77.2 Å². The fraction of sp³-hybridized carbons (Fsp3) is 0.556. The molecule has 152 valence electrons. The molecule has 0 N–H and O–H groups in total. The Bertz CT molecular complexity index is 662. The summed E-state index contributed by atoms with van der Waals surface area (Å²) in [4.78, 5) is 0. The Balaban J connectivity index is 1.42. The monoisotopic (exact) mass is 378 g/mol. The first-order chi connectivity index (χ1) is 13.8. The fourth-order valence-electron chi connectivity index (χ4n) is 4.64. The summed E-state index contributed by atoms with van der Waals surface area (Å²) >= 11 is 0. The molecule has 0 heterocycles. The second-order valence-electron chi connectivity index (χ2n) is 8.58. The zero-order valence-corrected chi connectivity index (χ0v) is 18.0. The van der Waals surface area contributed by atoms with Crippen molar-refractivity contribution in [3.63, 3.8) is 0 Å². The molecule has 1 aliphatic rings. The largest absolute Gasteiger partial charge is 0.494 e. The minimum Gasteiger partial charge on any atom is -0.494 e. The first-order valence-electron chi connectivity index (χ1n) is 11.6. The van der Waals surface area contributed by atoms with Crippen LogP contribution in [0.4, 0.5) is 0 Å². The molecule has 0 saturated heterocycles. The van der Waals surface area contributed by atoms with Crippen LogP contribution in [-0.2, 0) is 6.42 Å². The van der Waals surface area contributed by atoms with Gasteiger partial charge in [0.2, 0.25) is 0 Å². The number of benzene rings is 2. The third kappa shape index (κ3) is 6.40. The Morgan fingerprint density at radius 2 is 1.29 bits per heavy atom. The van der Waals surface area contributed by atoms with Gasteiger partial charge in [0, 0.05) is 0 Å². The highest BCUT2D eigenvalue weighted by Crippen LogP contribution is 2.34. The maximum absolute atomic E-state index is 5.54. The van der Waals surface area contributed by atoms with Gasteiger partial charge in [0.25, 0.3) is 0 Å². The van der Waals surface area contributed by atoms with Crippen LogP contribution in [0.3, 0.4) is 0 Å². The second kappa shape index (κ2) is 11.3. The van der Waals surface area contributed by atoms with E-state index in [2.05, 4.69) is 55.5 Å². The van der Waals surface area contributed by atoms with Gasteiger partial charge in [-0.25, -0.2) is 0 Å². The third-order valence-electron chi connectivity index (χ3n) is 6.48. The van der Waals surface area contributed by atoms with E-state index in [9.17, 15) is 0 Å². The number of aryl methyl sites for hydroxylation is 1. The topological polar surface area (TPSA) is 9.23 Å². The zero-order valence-electron chi connectivity index (χ0n) is 18.0. The predicted octanol–water partition coefficient (Wildman–Crippen LogP) is 8.07. The van der Waals surface area contributed by atoms with Gasteiger partial charge in [-0.2, -0.15) is 0 Å². The average molecular weight is 379 g/mol. The molecule has 3 rings (SSSR count). The molecule has 2 aromatic carbocycles. The molecule has 0 aliphatic heterocycles. The van der Waals surface area contributed by atoms with E-state index in [4.69, 9.17) is 4.74 Å². The van der Waals surface area contributed by atoms with Crippen molar-refractivity contribution in [2.75, 3.05) is 6.61 Å². The fourth-order valence-corrected chi connectivity index (χ4v) is 4.64. The minimum absolute atomic E-state index is 0.717. The molecule has 1 fully saturated rings. The van der Waals surface area contributed by atoms with Crippen LogP contribution in [0.15, 0.2) is 48.5 Å². The minimum atomic E-state index is 0.717. The molecule has 0 aromatic heterocycles. The van der Waals surface area contributed by atoms with E-state index >= 15 is 0 Å². The molecule has 1 aliphatic carbocycles. The van der Waals surface area contributed by atoms with E-state index in [1.165, 1.54) is 80.9 Å². The molecule has 0 bridgehead atoms. The van der Waals surface area contributed by atoms with Crippen molar-refractivity contribution in [3.8, 4) is 16.9 Å². The Labute approximate surface area is 172 Å². The van der Waals surface area contributed by atoms with Crippen molar-refractivity contribution < 1.29 is 4.74 Å². The molecule has 0 amide bonds. The summed E-state index contributed by atoms with van der Waals surface area (Å²) in [6.45, 7) is 5.04. The lowest BCUT2D eigenvalue weighted by molar-refractivity contribution is 0.249. The summed E-state index contributed by atoms with van der Waals surface area (Å²) in [7, 11) is 0. The molecule has 1 saturated carbocycles. The number of hydrogen-bond donors (Lipinski definition) is 0. The van der Waals surface area contributed by atoms with Crippen LogP contribution in [0.25, 0.3) is 11.1 Å². The summed E-state index contributed by atoms with van der Waals surface area (Å²) in [5.41, 5.74) is 4.04. The normalized spacial score (nSPS) is 19.5. The van der Waals surface area contributed by atoms with Crippen LogP contribution in [0.5, 0.6) is 5.75 Å². The Morgan fingerprint density at radius 1 is 0.714 bits per heavy atom. The highest BCUT2D eigenvalue weighted by Gasteiger charge is 2.20. The van der Waals surface area contributed by atoms with Crippen molar-refractivity contribution in [3.05, 3.63) is 54.1 Å². The molecule has 1 heteroatoms. The van der Waals surface area contributed by atoms with E-state index in [0.29, 0.717) is 6.61 Å². The van der Waals surface area contributed by atoms with Gasteiger partial charge < -0.3 is 4.74 Å². The summed E-state index contributed by atoms with van der Waals surface area (Å²) in [5.74, 6) is 2.92. The van der Waals surface area contributed by atoms with Gasteiger partial charge in [0.1, 0.15) is 5.75 Å². The quantitative estimate of drug-likeness (QED) is 0.380. The molecule has 1 nitrogen and oxygen atoms in total. The maximum Gasteiger partial charge on any atom is 0.119 e. The summed E-state index contributed by atoms with van der Waals surface area (Å²) in [6.07, 6.45) is 14.2. The summed E-state index contributed by atoms with van der Waals surface area (Å²) in [5, 5.41) is 0. The standard InChI is InChI=1S/C27H38O/c1-3-5-6-7-22-8-10-23(11-9-22)12-13-24-14-16-25(17-15-24)26-18-20-27(21-19-26)28-4-2/h14-23H,3-13H2,1-2H3. The average Bonchev–Trinajstić information content (AvgIpc) is 2.75. The van der Waals surface area contributed by atoms with E-state index in [-0.39, 0.29) is 0 Å². The lowest BCUT2D eigenvalue weighted by Crippen LogP contribution is -2.15. The molecule has 0 unspecified atom stereocenters. The van der Waals surface area contributed by atoms with E-state index in [1.807, 2.05) is 6.92 Å². The number of unbranched alkanes of at least 4 members (excludes halogenated alkanes) is 2. The Morgan fingerprint density at radius 3 is 1.86 bits per heavy atom. The van der Waals surface area contributed by atoms with E-state index in [0.717, 1.165) is 17.6 Å². The summed E-state index contributed by atoms with van der Waals surface area (Å²) < 4.78 is 5.54. The van der Waals surface area contributed by atoms with Crippen LogP contribution in [0, 0.1) is 11.8 Å². The molecular weight excluding hydrogens is 340 g/mol. The van der Waals surface area contributed by atoms with Crippen molar-refractivity contribution >= 4 is 0 Å². The van der Waals surface area contributed by atoms with Crippen molar-refractivity contribution in [1.29, 1.82) is 0 Å². The second-order valence-corrected chi connectivity index (χ2v) is 8.58. The van der Waals surface area contributed by atoms with Crippen molar-refractivity contribution in [2.24, 2.45) is 11.8 Å². The van der Waals surface area contributed by atoms with Crippen LogP contribution in [-0.4, -0.2) is 6.61 Å². The first-order valence-corrected chi connectivity index (χ1v) is 11.6. The lowest BCUT2D eigenvalue weighted by atomic mass is 9.78. The maximum atomic E-state index is 5.54. The lowest BCUT2D eigenvalue weighted by Gasteiger charge is -2.28. The smallest absolute Gasteiger partial charge is 0.119 e. The van der Waals surface area contributed by atoms with Crippen LogP contribution < -0.4 is 4.74 Å². The van der Waals surface area contributed by atoms with Gasteiger partial charge in [0.15, 0.2) is 0 Å². The summed E-state index contributed by atoms with van der Waals surface area (Å²) in [6, 6.07) is 17.6. The molecular formula is C27H38O. The van der Waals surface area contributed by atoms with Gasteiger partial charge >= 0.3 is 0 Å². The van der Waals surface area contributed by atoms with Gasteiger partial charge in [-0.15, -0.1) is 0 Å². The zero-order chi connectivity index (χ0) is 19.6. The molecule has 0 atom stereocenters. The van der Waals surface area contributed by atoms with Crippen LogP contribution >= 0.6 is 0 Å². The highest BCUT2D eigenvalue weighted by molar-refractivity contribution is 5.64. The SMILES string of the molecule is CCCCCC1CCC(CCc2ccc(-c3ccc(OCC)cc3)cc2)CC1. The Kier molecular flexibility index (Phi) is 8.45. The highest BCUT2D eigenvalue weighted by atomic mass is 16.5. The number of rotatable bonds is 10. The van der Waals surface area contributed by atoms with Crippen molar-refractivity contribution in [2.45, 2.75) is 78.1 Å². The van der Waals surface area contributed by atoms with Gasteiger partial charge in [-0.05, 0) is 60.4 Å².